The van der Waals surface area contributed by atoms with Crippen molar-refractivity contribution in [1.82, 2.24) is 25.1 Å². The van der Waals surface area contributed by atoms with Crippen LogP contribution in [0.4, 0.5) is 15.9 Å². The van der Waals surface area contributed by atoms with Gasteiger partial charge in [0.25, 0.3) is 0 Å². The van der Waals surface area contributed by atoms with Gasteiger partial charge in [-0.3, -0.25) is 0 Å². The predicted molar refractivity (Wildman–Crippen MR) is 154 cm³/mol. The lowest BCUT2D eigenvalue weighted by Gasteiger charge is -2.30. The van der Waals surface area contributed by atoms with E-state index in [9.17, 15) is 4.39 Å². The van der Waals surface area contributed by atoms with Crippen molar-refractivity contribution < 1.29 is 4.39 Å². The van der Waals surface area contributed by atoms with Gasteiger partial charge in [-0.1, -0.05) is 18.2 Å². The molecular formula is C30H38ClFN6. The molecule has 2 fully saturated rings. The van der Waals surface area contributed by atoms with E-state index in [1.165, 1.54) is 42.9 Å². The molecule has 1 aliphatic heterocycles. The van der Waals surface area contributed by atoms with Crippen molar-refractivity contribution in [2.75, 3.05) is 38.5 Å². The summed E-state index contributed by atoms with van der Waals surface area (Å²) in [7, 11) is 2.12. The minimum atomic E-state index is -0.436. The number of halogens is 2. The van der Waals surface area contributed by atoms with Crippen LogP contribution in [0.2, 0.25) is 5.02 Å². The highest BCUT2D eigenvalue weighted by molar-refractivity contribution is 6.31. The average molecular weight is 537 g/mol. The van der Waals surface area contributed by atoms with Crippen molar-refractivity contribution in [3.63, 3.8) is 0 Å². The molecule has 0 atom stereocenters. The molecule has 38 heavy (non-hydrogen) atoms. The van der Waals surface area contributed by atoms with Crippen molar-refractivity contribution in [3.05, 3.63) is 71.0 Å². The number of likely N-dealkylation sites (N-methyl/N-ethyl adjacent to an activating group) is 1. The fourth-order valence-corrected chi connectivity index (χ4v) is 5.93. The zero-order valence-corrected chi connectivity index (χ0v) is 23.2. The Kier molecular flexibility index (Phi) is 8.34. The summed E-state index contributed by atoms with van der Waals surface area (Å²) in [4.78, 5) is 13.6. The van der Waals surface area contributed by atoms with Crippen LogP contribution in [0.5, 0.6) is 0 Å². The summed E-state index contributed by atoms with van der Waals surface area (Å²) in [5.41, 5.74) is 4.21. The predicted octanol–water partition coefficient (Wildman–Crippen LogP) is 6.27. The second-order valence-corrected chi connectivity index (χ2v) is 11.2. The fourth-order valence-electron chi connectivity index (χ4n) is 5.75. The fraction of sp³-hybridized carbons (Fsp3) is 0.467. The van der Waals surface area contributed by atoms with Gasteiger partial charge in [-0.2, -0.15) is 0 Å². The second-order valence-electron chi connectivity index (χ2n) is 10.8. The van der Waals surface area contributed by atoms with Crippen molar-refractivity contribution in [1.29, 1.82) is 0 Å². The smallest absolute Gasteiger partial charge is 0.141 e. The highest BCUT2D eigenvalue weighted by Crippen LogP contribution is 2.32. The number of rotatable bonds is 9. The van der Waals surface area contributed by atoms with Crippen LogP contribution in [0.1, 0.15) is 43.2 Å². The highest BCUT2D eigenvalue weighted by Gasteiger charge is 2.23. The highest BCUT2D eigenvalue weighted by atomic mass is 35.5. The molecule has 0 amide bonds. The van der Waals surface area contributed by atoms with E-state index in [1.54, 1.807) is 18.5 Å². The van der Waals surface area contributed by atoms with Gasteiger partial charge in [-0.05, 0) is 99.4 Å². The van der Waals surface area contributed by atoms with E-state index >= 15 is 0 Å². The Bertz CT molecular complexity index is 1290. The molecule has 3 aromatic rings. The van der Waals surface area contributed by atoms with E-state index in [0.717, 1.165) is 55.7 Å². The summed E-state index contributed by atoms with van der Waals surface area (Å²) in [5.74, 6) is 2.11. The minimum absolute atomic E-state index is 0.0836. The van der Waals surface area contributed by atoms with Crippen LogP contribution in [0.25, 0.3) is 10.9 Å². The lowest BCUT2D eigenvalue weighted by Crippen LogP contribution is -2.35. The quantitative estimate of drug-likeness (QED) is 0.314. The molecule has 2 heterocycles. The van der Waals surface area contributed by atoms with Crippen LogP contribution in [-0.2, 0) is 6.42 Å². The molecule has 0 unspecified atom stereocenters. The summed E-state index contributed by atoms with van der Waals surface area (Å²) in [5, 5.41) is 8.15. The average Bonchev–Trinajstić information content (AvgIpc) is 3.23. The van der Waals surface area contributed by atoms with E-state index in [0.29, 0.717) is 23.5 Å². The summed E-state index contributed by atoms with van der Waals surface area (Å²) in [6, 6.07) is 9.60. The molecular weight excluding hydrogens is 499 g/mol. The molecule has 1 saturated heterocycles. The van der Waals surface area contributed by atoms with E-state index in [4.69, 9.17) is 11.6 Å². The Labute approximate surface area is 230 Å². The monoisotopic (exact) mass is 536 g/mol. The molecule has 0 radical (unpaired) electrons. The molecule has 1 aliphatic carbocycles. The minimum Gasteiger partial charge on any atom is -0.360 e. The van der Waals surface area contributed by atoms with E-state index in [-0.39, 0.29) is 5.02 Å². The van der Waals surface area contributed by atoms with Gasteiger partial charge < -0.3 is 20.4 Å². The maximum atomic E-state index is 13.6. The first-order valence-corrected chi connectivity index (χ1v) is 14.1. The Hall–Kier alpha value is -2.90. The maximum absolute atomic E-state index is 13.6. The number of nitrogens with zero attached hydrogens (tertiary/aromatic N) is 4. The van der Waals surface area contributed by atoms with Crippen molar-refractivity contribution in [3.8, 4) is 0 Å². The molecule has 0 bridgehead atoms. The third-order valence-electron chi connectivity index (χ3n) is 8.18. The number of aromatic nitrogens is 2. The van der Waals surface area contributed by atoms with Crippen LogP contribution in [0, 0.1) is 18.7 Å². The molecule has 2 aromatic carbocycles. The summed E-state index contributed by atoms with van der Waals surface area (Å²) < 4.78 is 13.6. The Balaban J connectivity index is 1.15. The van der Waals surface area contributed by atoms with Gasteiger partial charge in [0.1, 0.15) is 18.0 Å². The van der Waals surface area contributed by atoms with Gasteiger partial charge in [-0.25, -0.2) is 14.4 Å². The van der Waals surface area contributed by atoms with Gasteiger partial charge in [0.2, 0.25) is 0 Å². The molecule has 5 rings (SSSR count). The number of benzene rings is 2. The molecule has 6 nitrogen and oxygen atoms in total. The van der Waals surface area contributed by atoms with Gasteiger partial charge in [0.05, 0.1) is 16.4 Å². The Morgan fingerprint density at radius 2 is 1.92 bits per heavy atom. The number of aryl methyl sites for hydroxylation is 1. The van der Waals surface area contributed by atoms with E-state index < -0.39 is 5.82 Å². The number of nitrogens with one attached hydrogen (secondary N) is 2. The standard InChI is InChI=1S/C30H38ClFN6/c1-20-15-29-26(30(35-19-34-29)36-25-9-10-28(32)27(31)18-25)17-23(20)16-22-5-7-24(8-6-22)33-11-4-12-38-14-13-37(3)21(38)2/h9-10,15,17-19,22,24,33H,2,4-8,11-14,16H2,1,3H3,(H,34,35,36). The summed E-state index contributed by atoms with van der Waals surface area (Å²) >= 11 is 5.98. The van der Waals surface area contributed by atoms with Gasteiger partial charge in [-0.15, -0.1) is 0 Å². The Morgan fingerprint density at radius 3 is 2.66 bits per heavy atom. The SMILES string of the molecule is C=C1N(C)CCN1CCCNC1CCC(Cc2cc3c(Nc4ccc(F)c(Cl)c4)ncnc3cc2C)CC1. The number of fused-ring (bicyclic) bond motifs is 1. The zero-order chi connectivity index (χ0) is 26.6. The summed E-state index contributed by atoms with van der Waals surface area (Å²) in [6.45, 7) is 10.7. The van der Waals surface area contributed by atoms with E-state index in [1.807, 2.05) is 0 Å². The van der Waals surface area contributed by atoms with Crippen LogP contribution >= 0.6 is 11.6 Å². The number of hydrogen-bond acceptors (Lipinski definition) is 6. The van der Waals surface area contributed by atoms with Crippen molar-refractivity contribution in [2.24, 2.45) is 5.92 Å². The van der Waals surface area contributed by atoms with Gasteiger partial charge in [0, 0.05) is 43.8 Å². The lowest BCUT2D eigenvalue weighted by molar-refractivity contribution is 0.284. The van der Waals surface area contributed by atoms with Crippen LogP contribution in [-0.4, -0.2) is 59.0 Å². The topological polar surface area (TPSA) is 56.3 Å². The third kappa shape index (κ3) is 6.21. The largest absolute Gasteiger partial charge is 0.360 e. The third-order valence-corrected chi connectivity index (χ3v) is 8.47. The van der Waals surface area contributed by atoms with Crippen LogP contribution in [0.3, 0.4) is 0 Å². The van der Waals surface area contributed by atoms with Crippen LogP contribution < -0.4 is 10.6 Å². The van der Waals surface area contributed by atoms with Crippen molar-refractivity contribution in [2.45, 2.75) is 51.5 Å². The van der Waals surface area contributed by atoms with Gasteiger partial charge in [0.15, 0.2) is 0 Å². The first-order valence-electron chi connectivity index (χ1n) is 13.7. The molecule has 202 valence electrons. The molecule has 1 saturated carbocycles. The van der Waals surface area contributed by atoms with E-state index in [2.05, 4.69) is 63.1 Å². The maximum Gasteiger partial charge on any atom is 0.141 e. The van der Waals surface area contributed by atoms with Crippen molar-refractivity contribution >= 4 is 34.0 Å². The first kappa shape index (κ1) is 26.7. The first-order chi connectivity index (χ1) is 18.4. The molecule has 8 heteroatoms. The Morgan fingerprint density at radius 1 is 1.11 bits per heavy atom. The molecule has 1 aromatic heterocycles. The molecule has 2 N–H and O–H groups in total. The number of anilines is 2. The normalized spacial score (nSPS) is 19.9. The number of hydrogen-bond donors (Lipinski definition) is 2. The zero-order valence-electron chi connectivity index (χ0n) is 22.4. The van der Waals surface area contributed by atoms with Crippen LogP contribution in [0.15, 0.2) is 49.1 Å². The van der Waals surface area contributed by atoms with Gasteiger partial charge >= 0.3 is 0 Å². The summed E-state index contributed by atoms with van der Waals surface area (Å²) in [6.07, 6.45) is 8.74. The molecule has 0 spiro atoms. The molecule has 2 aliphatic rings. The second kappa shape index (κ2) is 11.9. The lowest BCUT2D eigenvalue weighted by atomic mass is 9.81.